The zero-order valence-corrected chi connectivity index (χ0v) is 21.5. The number of carboxylic acids is 1. The number of aryl methyl sites for hydroxylation is 1. The fourth-order valence-corrected chi connectivity index (χ4v) is 4.18. The summed E-state index contributed by atoms with van der Waals surface area (Å²) < 4.78 is 10.8. The van der Waals surface area contributed by atoms with Gasteiger partial charge in [-0.15, -0.1) is 0 Å². The summed E-state index contributed by atoms with van der Waals surface area (Å²) in [5.41, 5.74) is -0.715. The van der Waals surface area contributed by atoms with Gasteiger partial charge in [-0.1, -0.05) is 31.8 Å². The average Bonchev–Trinajstić information content (AvgIpc) is 3.41. The third kappa shape index (κ3) is 7.70. The number of ether oxygens (including phenoxy) is 1. The summed E-state index contributed by atoms with van der Waals surface area (Å²) >= 11 is 0. The second-order valence-corrected chi connectivity index (χ2v) is 10.6. The second kappa shape index (κ2) is 11.7. The highest BCUT2D eigenvalue weighted by Gasteiger charge is 2.36. The lowest BCUT2D eigenvalue weighted by atomic mass is 10.0. The Kier molecular flexibility index (Phi) is 9.46. The van der Waals surface area contributed by atoms with Gasteiger partial charge in [0.15, 0.2) is 5.82 Å². The van der Waals surface area contributed by atoms with Gasteiger partial charge in [-0.2, -0.15) is 4.98 Å². The number of aromatic nitrogens is 2. The number of hydrogen-bond donors (Lipinski definition) is 1. The predicted octanol–water partition coefficient (Wildman–Crippen LogP) is 3.85. The molecular weight excluding hydrogens is 440 g/mol. The van der Waals surface area contributed by atoms with Crippen molar-refractivity contribution in [2.24, 2.45) is 5.92 Å². The molecule has 1 heterocycles. The lowest BCUT2D eigenvalue weighted by Gasteiger charge is -2.35. The molecule has 1 aliphatic rings. The van der Waals surface area contributed by atoms with E-state index in [-0.39, 0.29) is 18.8 Å². The maximum atomic E-state index is 13.4. The molecule has 0 aromatic carbocycles. The molecule has 0 saturated heterocycles. The normalized spacial score (nSPS) is 16.4. The number of likely N-dealkylation sites (N-methyl/N-ethyl adjacent to an activating group) is 2. The van der Waals surface area contributed by atoms with E-state index in [0.717, 1.165) is 25.7 Å². The van der Waals surface area contributed by atoms with Crippen molar-refractivity contribution >= 4 is 18.0 Å². The molecule has 192 valence electrons. The number of amides is 2. The standard InChI is InChI=1S/C24H40N4O6/c1-15(2)14-18(28(7)23(32)33-24(3,4)5)21(29)27(6)17(22(30)31)12-13-19-25-20(26-34-19)16-10-8-9-11-16/h15-18H,8-14H2,1-7H3,(H,30,31)/t17-,18+/m1/s1. The molecule has 0 bridgehead atoms. The molecule has 0 radical (unpaired) electrons. The lowest BCUT2D eigenvalue weighted by Crippen LogP contribution is -2.54. The van der Waals surface area contributed by atoms with Crippen LogP contribution in [0.25, 0.3) is 0 Å². The minimum Gasteiger partial charge on any atom is -0.480 e. The van der Waals surface area contributed by atoms with Crippen LogP contribution in [0.5, 0.6) is 0 Å². The number of carbonyl (C=O) groups excluding carboxylic acids is 2. The van der Waals surface area contributed by atoms with E-state index in [1.165, 1.54) is 23.9 Å². The Labute approximate surface area is 202 Å². The van der Waals surface area contributed by atoms with E-state index >= 15 is 0 Å². The summed E-state index contributed by atoms with van der Waals surface area (Å²) in [6, 6.07) is -1.95. The quantitative estimate of drug-likeness (QED) is 0.535. The van der Waals surface area contributed by atoms with E-state index in [2.05, 4.69) is 10.1 Å². The van der Waals surface area contributed by atoms with Gasteiger partial charge in [0.2, 0.25) is 11.8 Å². The molecular formula is C24H40N4O6. The fraction of sp³-hybridized carbons (Fsp3) is 0.792. The van der Waals surface area contributed by atoms with Crippen LogP contribution in [0.4, 0.5) is 4.79 Å². The SMILES string of the molecule is CC(C)C[C@@H](C(=O)N(C)[C@H](CCc1nc(C2CCCC2)no1)C(=O)O)N(C)C(=O)OC(C)(C)C. The third-order valence-corrected chi connectivity index (χ3v) is 6.06. The van der Waals surface area contributed by atoms with Gasteiger partial charge >= 0.3 is 12.1 Å². The molecule has 1 aromatic heterocycles. The smallest absolute Gasteiger partial charge is 0.410 e. The minimum absolute atomic E-state index is 0.0999. The summed E-state index contributed by atoms with van der Waals surface area (Å²) in [6.07, 6.45) is 4.48. The fourth-order valence-electron chi connectivity index (χ4n) is 4.18. The van der Waals surface area contributed by atoms with Gasteiger partial charge in [0.05, 0.1) is 0 Å². The third-order valence-electron chi connectivity index (χ3n) is 6.06. The van der Waals surface area contributed by atoms with E-state index in [0.29, 0.717) is 24.1 Å². The van der Waals surface area contributed by atoms with Gasteiger partial charge in [0.25, 0.3) is 0 Å². The second-order valence-electron chi connectivity index (χ2n) is 10.6. The molecule has 10 heteroatoms. The summed E-state index contributed by atoms with van der Waals surface area (Å²) in [6.45, 7) is 9.13. The Morgan fingerprint density at radius 3 is 2.26 bits per heavy atom. The molecule has 10 nitrogen and oxygen atoms in total. The van der Waals surface area contributed by atoms with Crippen molar-refractivity contribution in [2.45, 2.75) is 103 Å². The van der Waals surface area contributed by atoms with Crippen LogP contribution in [0.3, 0.4) is 0 Å². The number of carboxylic acid groups (broad SMARTS) is 1. The van der Waals surface area contributed by atoms with Gasteiger partial charge < -0.3 is 19.3 Å². The van der Waals surface area contributed by atoms with Crippen molar-refractivity contribution in [3.63, 3.8) is 0 Å². The predicted molar refractivity (Wildman–Crippen MR) is 125 cm³/mol. The minimum atomic E-state index is -1.13. The van der Waals surface area contributed by atoms with Crippen molar-refractivity contribution in [2.75, 3.05) is 14.1 Å². The van der Waals surface area contributed by atoms with E-state index in [1.54, 1.807) is 20.8 Å². The van der Waals surface area contributed by atoms with Gasteiger partial charge in [-0.3, -0.25) is 9.69 Å². The Morgan fingerprint density at radius 1 is 1.12 bits per heavy atom. The molecule has 2 amide bonds. The Hall–Kier alpha value is -2.65. The molecule has 1 fully saturated rings. The first-order valence-electron chi connectivity index (χ1n) is 12.1. The maximum absolute atomic E-state index is 13.4. The summed E-state index contributed by atoms with van der Waals surface area (Å²) in [4.78, 5) is 45.0. The average molecular weight is 481 g/mol. The van der Waals surface area contributed by atoms with Gasteiger partial charge in [-0.05, 0) is 52.4 Å². The monoisotopic (exact) mass is 480 g/mol. The van der Waals surface area contributed by atoms with Crippen LogP contribution in [-0.2, 0) is 20.7 Å². The Morgan fingerprint density at radius 2 is 1.74 bits per heavy atom. The highest BCUT2D eigenvalue weighted by molar-refractivity contribution is 5.89. The molecule has 1 aromatic rings. The zero-order chi connectivity index (χ0) is 25.6. The van der Waals surface area contributed by atoms with Crippen molar-refractivity contribution in [1.29, 1.82) is 0 Å². The van der Waals surface area contributed by atoms with Crippen LogP contribution >= 0.6 is 0 Å². The molecule has 2 atom stereocenters. The van der Waals surface area contributed by atoms with Crippen LogP contribution < -0.4 is 0 Å². The zero-order valence-electron chi connectivity index (χ0n) is 21.5. The Bertz CT molecular complexity index is 841. The van der Waals surface area contributed by atoms with Crippen LogP contribution in [0.2, 0.25) is 0 Å². The van der Waals surface area contributed by atoms with Crippen LogP contribution in [0.15, 0.2) is 4.52 Å². The number of rotatable bonds is 10. The number of aliphatic carboxylic acids is 1. The van der Waals surface area contributed by atoms with Crippen LogP contribution in [-0.4, -0.2) is 74.8 Å². The molecule has 0 aliphatic heterocycles. The topological polar surface area (TPSA) is 126 Å². The molecule has 2 rings (SSSR count). The molecule has 1 N–H and O–H groups in total. The van der Waals surface area contributed by atoms with Gasteiger partial charge in [0, 0.05) is 26.4 Å². The molecule has 1 aliphatic carbocycles. The molecule has 0 unspecified atom stereocenters. The van der Waals surface area contributed by atoms with Crippen molar-refractivity contribution in [1.82, 2.24) is 19.9 Å². The summed E-state index contributed by atoms with van der Waals surface area (Å²) in [5, 5.41) is 13.9. The molecule has 0 spiro atoms. The largest absolute Gasteiger partial charge is 0.480 e. The summed E-state index contributed by atoms with van der Waals surface area (Å²) in [5.74, 6) is -0.125. The molecule has 1 saturated carbocycles. The highest BCUT2D eigenvalue weighted by atomic mass is 16.6. The Balaban J connectivity index is 2.11. The van der Waals surface area contributed by atoms with Crippen LogP contribution in [0, 0.1) is 5.92 Å². The molecule has 34 heavy (non-hydrogen) atoms. The lowest BCUT2D eigenvalue weighted by molar-refractivity contribution is -0.151. The number of hydrogen-bond acceptors (Lipinski definition) is 7. The van der Waals surface area contributed by atoms with Crippen molar-refractivity contribution < 1.29 is 28.8 Å². The first kappa shape index (κ1) is 27.6. The number of carbonyl (C=O) groups is 3. The number of nitrogens with zero attached hydrogens (tertiary/aromatic N) is 4. The van der Waals surface area contributed by atoms with Crippen molar-refractivity contribution in [3.05, 3.63) is 11.7 Å². The van der Waals surface area contributed by atoms with E-state index in [1.807, 2.05) is 13.8 Å². The first-order valence-corrected chi connectivity index (χ1v) is 12.1. The van der Waals surface area contributed by atoms with Crippen molar-refractivity contribution in [3.8, 4) is 0 Å². The van der Waals surface area contributed by atoms with Gasteiger partial charge in [-0.25, -0.2) is 9.59 Å². The van der Waals surface area contributed by atoms with E-state index in [4.69, 9.17) is 9.26 Å². The van der Waals surface area contributed by atoms with Gasteiger partial charge in [0.1, 0.15) is 17.7 Å². The van der Waals surface area contributed by atoms with E-state index in [9.17, 15) is 19.5 Å². The first-order chi connectivity index (χ1) is 15.8. The van der Waals surface area contributed by atoms with E-state index < -0.39 is 35.7 Å². The highest BCUT2D eigenvalue weighted by Crippen LogP contribution is 2.32. The maximum Gasteiger partial charge on any atom is 0.410 e. The summed E-state index contributed by atoms with van der Waals surface area (Å²) in [7, 11) is 2.96. The van der Waals surface area contributed by atoms with Crippen LogP contribution in [0.1, 0.15) is 90.8 Å².